The number of hydrogen-bond donors (Lipinski definition) is 1. The van der Waals surface area contributed by atoms with Crippen molar-refractivity contribution in [2.45, 2.75) is 0 Å². The summed E-state index contributed by atoms with van der Waals surface area (Å²) in [5.41, 5.74) is 0. The fraction of sp³-hybridized carbons (Fsp3) is 0. The third-order valence-corrected chi connectivity index (χ3v) is 0. The molecule has 0 fully saturated rings. The molecule has 0 amide bonds. The standard InChI is InChI=1S/H2N.Re.2Se/h1H2;;;/q-1;+1;;. The van der Waals surface area contributed by atoms with Crippen molar-refractivity contribution in [3.63, 3.8) is 0 Å². The molecule has 2 N–H and O–H groups in total. The van der Waals surface area contributed by atoms with Crippen molar-refractivity contribution < 1.29 is 11.8 Å². The predicted molar refractivity (Wildman–Crippen MR) is 15.7 cm³/mol. The van der Waals surface area contributed by atoms with Gasteiger partial charge in [-0.2, -0.15) is 0 Å². The number of hydrogen-bond acceptors (Lipinski definition) is 1. The van der Waals surface area contributed by atoms with Crippen LogP contribution in [0.3, 0.4) is 0 Å². The molecule has 0 aromatic heterocycles. The Morgan fingerprint density at radius 2 is 1.50 bits per heavy atom. The molecule has 26 valence electrons. The summed E-state index contributed by atoms with van der Waals surface area (Å²) in [6.45, 7) is 0. The van der Waals surface area contributed by atoms with Crippen LogP contribution in [-0.2, 0) is 11.8 Å². The van der Waals surface area contributed by atoms with E-state index in [1.165, 1.54) is 0 Å². The van der Waals surface area contributed by atoms with Crippen molar-refractivity contribution >= 4 is 25.9 Å². The Labute approximate surface area is 41.8 Å². The average Bonchev–Trinajstić information content (AvgIpc) is 0.811. The van der Waals surface area contributed by atoms with Crippen LogP contribution in [0.2, 0.25) is 0 Å². The Balaban J connectivity index is 3.51. The van der Waals surface area contributed by atoms with Crippen molar-refractivity contribution in [2.24, 2.45) is 4.37 Å². The molecule has 0 aliphatic heterocycles. The van der Waals surface area contributed by atoms with Crippen LogP contribution in [0.15, 0.2) is 0 Å². The molecule has 0 atom stereocenters. The zero-order chi connectivity index (χ0) is 3.58. The summed E-state index contributed by atoms with van der Waals surface area (Å²) in [6, 6.07) is 0. The van der Waals surface area contributed by atoms with Gasteiger partial charge in [-0.3, -0.25) is 0 Å². The first-order valence-electron chi connectivity index (χ1n) is 0.527. The molecule has 4 heteroatoms. The molecule has 0 aliphatic carbocycles. The van der Waals surface area contributed by atoms with Gasteiger partial charge in [-0.25, -0.2) is 0 Å². The van der Waals surface area contributed by atoms with Gasteiger partial charge < -0.3 is 0 Å². The average molecular weight is 360 g/mol. The van der Waals surface area contributed by atoms with Gasteiger partial charge >= 0.3 is 42.1 Å². The van der Waals surface area contributed by atoms with Crippen LogP contribution in [0, 0.1) is 0 Å². The molecule has 0 heterocycles. The minimum absolute atomic E-state index is 1.21. The first-order valence-corrected chi connectivity index (χ1v) is 14.9. The maximum atomic E-state index is 5.19. The molecule has 0 saturated heterocycles. The van der Waals surface area contributed by atoms with E-state index in [-0.39, 0.29) is 0 Å². The van der Waals surface area contributed by atoms with Crippen LogP contribution in [0.25, 0.3) is 0 Å². The van der Waals surface area contributed by atoms with Gasteiger partial charge in [0.1, 0.15) is 0 Å². The Morgan fingerprint density at radius 3 is 1.50 bits per heavy atom. The van der Waals surface area contributed by atoms with E-state index in [9.17, 15) is 0 Å². The van der Waals surface area contributed by atoms with Crippen LogP contribution in [0.5, 0.6) is 0 Å². The number of nitrogens with two attached hydrogens (primary N) is 1. The summed E-state index contributed by atoms with van der Waals surface area (Å²) in [4.78, 5) is 0. The zero-order valence-electron chi connectivity index (χ0n) is 1.77. The Morgan fingerprint density at radius 1 is 1.50 bits per heavy atom. The molecule has 0 saturated carbocycles. The summed E-state index contributed by atoms with van der Waals surface area (Å²) in [5, 5.41) is 0. The van der Waals surface area contributed by atoms with Gasteiger partial charge in [0.15, 0.2) is 0 Å². The van der Waals surface area contributed by atoms with E-state index >= 15 is 0 Å². The van der Waals surface area contributed by atoms with Crippen LogP contribution >= 0.6 is 0 Å². The van der Waals surface area contributed by atoms with Gasteiger partial charge in [0.05, 0.1) is 0 Å². The quantitative estimate of drug-likeness (QED) is 0.531. The van der Waals surface area contributed by atoms with E-state index in [0.717, 1.165) is 0 Å². The fourth-order valence-electron chi connectivity index (χ4n) is 0. The van der Waals surface area contributed by atoms with E-state index in [2.05, 4.69) is 25.9 Å². The van der Waals surface area contributed by atoms with Crippen LogP contribution in [0.4, 0.5) is 0 Å². The summed E-state index contributed by atoms with van der Waals surface area (Å²) < 4.78 is 5.19. The van der Waals surface area contributed by atoms with Crippen LogP contribution in [-0.4, -0.2) is 25.9 Å². The molecule has 0 bridgehead atoms. The molecule has 0 aliphatic rings. The first-order chi connectivity index (χ1) is 1.73. The monoisotopic (exact) mass is 363 g/mol. The van der Waals surface area contributed by atoms with Crippen molar-refractivity contribution in [2.75, 3.05) is 0 Å². The molecule has 1 nitrogen and oxygen atoms in total. The van der Waals surface area contributed by atoms with Crippen molar-refractivity contribution in [3.8, 4) is 0 Å². The van der Waals surface area contributed by atoms with Gasteiger partial charge in [-0.05, 0) is 0 Å². The minimum atomic E-state index is -1.21. The normalized spacial score (nSPS) is 8.50. The molecule has 0 rings (SSSR count). The third-order valence-electron chi connectivity index (χ3n) is 0. The van der Waals surface area contributed by atoms with Gasteiger partial charge in [0.25, 0.3) is 0 Å². The van der Waals surface area contributed by atoms with Crippen molar-refractivity contribution in [1.82, 2.24) is 0 Å². The molecule has 4 heavy (non-hydrogen) atoms. The molecule has 0 radical (unpaired) electrons. The second-order valence-electron chi connectivity index (χ2n) is 0.241. The summed E-state index contributed by atoms with van der Waals surface area (Å²) >= 11 is 4.41. The van der Waals surface area contributed by atoms with E-state index in [1.54, 1.807) is 0 Å². The number of rotatable bonds is 0. The second-order valence-corrected chi connectivity index (χ2v) is 21.5. The van der Waals surface area contributed by atoms with E-state index in [0.29, 0.717) is 0 Å². The molecule has 0 spiro atoms. The zero-order valence-corrected chi connectivity index (χ0v) is 7.91. The molecular formula is H2NReSe2. The molecule has 0 aromatic rings. The van der Waals surface area contributed by atoms with Crippen LogP contribution in [0.1, 0.15) is 0 Å². The van der Waals surface area contributed by atoms with Crippen molar-refractivity contribution in [1.29, 1.82) is 0 Å². The van der Waals surface area contributed by atoms with Gasteiger partial charge in [-0.15, -0.1) is 0 Å². The molecule has 0 unspecified atom stereocenters. The van der Waals surface area contributed by atoms with E-state index in [1.807, 2.05) is 0 Å². The van der Waals surface area contributed by atoms with Gasteiger partial charge in [-0.1, -0.05) is 0 Å². The Hall–Kier alpha value is 1.66. The second kappa shape index (κ2) is 2.88. The maximum absolute atomic E-state index is 5.19. The predicted octanol–water partition coefficient (Wildman–Crippen LogP) is -1.35. The summed E-state index contributed by atoms with van der Waals surface area (Å²) in [6.07, 6.45) is 0. The van der Waals surface area contributed by atoms with Gasteiger partial charge in [0.2, 0.25) is 0 Å². The molecule has 0 aromatic carbocycles. The van der Waals surface area contributed by atoms with E-state index < -0.39 is 11.8 Å². The SMILES string of the molecule is [NH2][Re](=[Se])=[Se]. The third kappa shape index (κ3) is 9.40. The Kier molecular flexibility index (Phi) is 4.07. The Bertz CT molecular complexity index is 54.4. The first kappa shape index (κ1) is 5.66. The van der Waals surface area contributed by atoms with E-state index in [4.69, 9.17) is 4.37 Å². The van der Waals surface area contributed by atoms with Crippen molar-refractivity contribution in [3.05, 3.63) is 0 Å². The fourth-order valence-corrected chi connectivity index (χ4v) is 0. The summed E-state index contributed by atoms with van der Waals surface area (Å²) in [7, 11) is 0. The summed E-state index contributed by atoms with van der Waals surface area (Å²) in [5.74, 6) is 0. The topological polar surface area (TPSA) is 26.0 Å². The van der Waals surface area contributed by atoms with Gasteiger partial charge in [0, 0.05) is 0 Å². The van der Waals surface area contributed by atoms with Crippen LogP contribution < -0.4 is 4.37 Å². The molecular weight excluding hydrogens is 358 g/mol.